The summed E-state index contributed by atoms with van der Waals surface area (Å²) >= 11 is 3.45. The average Bonchev–Trinajstić information content (AvgIpc) is 2.79. The van der Waals surface area contributed by atoms with Crippen molar-refractivity contribution in [2.75, 3.05) is 0 Å². The molecule has 0 aliphatic rings. The summed E-state index contributed by atoms with van der Waals surface area (Å²) in [6.45, 7) is 4.32. The summed E-state index contributed by atoms with van der Waals surface area (Å²) in [5, 5.41) is 4.95. The van der Waals surface area contributed by atoms with Crippen LogP contribution in [0.1, 0.15) is 41.3 Å². The van der Waals surface area contributed by atoms with E-state index in [1.165, 1.54) is 5.56 Å². The number of benzene rings is 3. The van der Waals surface area contributed by atoms with Gasteiger partial charge in [-0.2, -0.15) is 5.10 Å². The summed E-state index contributed by atoms with van der Waals surface area (Å²) in [7, 11) is 0. The van der Waals surface area contributed by atoms with E-state index in [2.05, 4.69) is 52.4 Å². The van der Waals surface area contributed by atoms with E-state index in [0.29, 0.717) is 11.5 Å². The molecule has 0 saturated heterocycles. The van der Waals surface area contributed by atoms with Gasteiger partial charge in [0, 0.05) is 15.4 Å². The number of hydrazone groups is 1. The van der Waals surface area contributed by atoms with Crippen molar-refractivity contribution in [2.24, 2.45) is 5.10 Å². The molecule has 31 heavy (non-hydrogen) atoms. The molecule has 0 unspecified atom stereocenters. The Labute approximate surface area is 190 Å². The summed E-state index contributed by atoms with van der Waals surface area (Å²) < 4.78 is 0.991. The van der Waals surface area contributed by atoms with Crippen LogP contribution in [-0.4, -0.2) is 17.1 Å². The fourth-order valence-electron chi connectivity index (χ4n) is 3.32. The molecular formula is C26H22BrN3O. The predicted molar refractivity (Wildman–Crippen MR) is 130 cm³/mol. The standard InChI is InChI=1S/C26H22BrN3O/c1-17(2)19-9-7-18(8-10-19)16-28-30-26(31)23-15-25(20-11-13-21(27)14-12-20)29-24-6-4-3-5-22(23)24/h3-17H,1-2H3,(H,30,31). The Hall–Kier alpha value is -3.31. The fraction of sp³-hybridized carbons (Fsp3) is 0.115. The Bertz CT molecular complexity index is 1250. The lowest BCUT2D eigenvalue weighted by Crippen LogP contribution is -2.18. The number of carbonyl (C=O) groups excluding carboxylic acids is 1. The molecule has 1 N–H and O–H groups in total. The molecule has 0 aliphatic carbocycles. The van der Waals surface area contributed by atoms with E-state index in [-0.39, 0.29) is 5.91 Å². The Balaban J connectivity index is 1.61. The molecule has 0 atom stereocenters. The van der Waals surface area contributed by atoms with Gasteiger partial charge in [-0.3, -0.25) is 4.79 Å². The van der Waals surface area contributed by atoms with E-state index in [1.807, 2.05) is 66.7 Å². The van der Waals surface area contributed by atoms with Gasteiger partial charge in [0.15, 0.2) is 0 Å². The number of pyridine rings is 1. The van der Waals surface area contributed by atoms with E-state index in [0.717, 1.165) is 32.2 Å². The third-order valence-electron chi connectivity index (χ3n) is 5.08. The van der Waals surface area contributed by atoms with Crippen LogP contribution in [0.3, 0.4) is 0 Å². The van der Waals surface area contributed by atoms with Gasteiger partial charge in [-0.1, -0.05) is 84.4 Å². The molecule has 5 heteroatoms. The number of halogens is 1. The number of hydrogen-bond acceptors (Lipinski definition) is 3. The molecule has 0 fully saturated rings. The molecule has 0 saturated carbocycles. The minimum Gasteiger partial charge on any atom is -0.267 e. The zero-order valence-electron chi connectivity index (χ0n) is 17.3. The number of amides is 1. The first-order valence-electron chi connectivity index (χ1n) is 10.1. The number of nitrogens with zero attached hydrogens (tertiary/aromatic N) is 2. The quantitative estimate of drug-likeness (QED) is 0.265. The van der Waals surface area contributed by atoms with Gasteiger partial charge in [0.05, 0.1) is 23.0 Å². The number of nitrogens with one attached hydrogen (secondary N) is 1. The maximum absolute atomic E-state index is 13.0. The van der Waals surface area contributed by atoms with Gasteiger partial charge < -0.3 is 0 Å². The molecule has 3 aromatic carbocycles. The van der Waals surface area contributed by atoms with Gasteiger partial charge in [-0.15, -0.1) is 0 Å². The molecule has 4 nitrogen and oxygen atoms in total. The second kappa shape index (κ2) is 9.23. The summed E-state index contributed by atoms with van der Waals surface area (Å²) in [6, 6.07) is 25.5. The topological polar surface area (TPSA) is 54.4 Å². The molecule has 1 amide bonds. The summed E-state index contributed by atoms with van der Waals surface area (Å²) in [5.41, 5.74) is 7.84. The summed E-state index contributed by atoms with van der Waals surface area (Å²) in [5.74, 6) is 0.206. The number of carbonyl (C=O) groups is 1. The number of fused-ring (bicyclic) bond motifs is 1. The van der Waals surface area contributed by atoms with Crippen molar-refractivity contribution in [2.45, 2.75) is 19.8 Å². The maximum Gasteiger partial charge on any atom is 0.272 e. The Morgan fingerprint density at radius 2 is 1.71 bits per heavy atom. The molecule has 1 heterocycles. The summed E-state index contributed by atoms with van der Waals surface area (Å²) in [4.78, 5) is 17.7. The van der Waals surface area contributed by atoms with Crippen LogP contribution < -0.4 is 5.43 Å². The lowest BCUT2D eigenvalue weighted by molar-refractivity contribution is 0.0956. The van der Waals surface area contributed by atoms with Crippen LogP contribution in [0.2, 0.25) is 0 Å². The van der Waals surface area contributed by atoms with Crippen LogP contribution in [0.15, 0.2) is 88.4 Å². The van der Waals surface area contributed by atoms with Crippen LogP contribution in [-0.2, 0) is 0 Å². The van der Waals surface area contributed by atoms with Crippen molar-refractivity contribution in [1.82, 2.24) is 10.4 Å². The average molecular weight is 472 g/mol. The number of para-hydroxylation sites is 1. The number of aromatic nitrogens is 1. The maximum atomic E-state index is 13.0. The van der Waals surface area contributed by atoms with Crippen LogP contribution in [0.25, 0.3) is 22.2 Å². The van der Waals surface area contributed by atoms with E-state index in [4.69, 9.17) is 4.98 Å². The van der Waals surface area contributed by atoms with Crippen LogP contribution >= 0.6 is 15.9 Å². The van der Waals surface area contributed by atoms with Crippen molar-refractivity contribution in [3.63, 3.8) is 0 Å². The highest BCUT2D eigenvalue weighted by molar-refractivity contribution is 9.10. The van der Waals surface area contributed by atoms with Crippen LogP contribution in [0, 0.1) is 0 Å². The lowest BCUT2D eigenvalue weighted by atomic mass is 10.0. The molecule has 1 aromatic heterocycles. The van der Waals surface area contributed by atoms with Gasteiger partial charge in [0.1, 0.15) is 0 Å². The molecule has 0 bridgehead atoms. The zero-order valence-corrected chi connectivity index (χ0v) is 18.9. The normalized spacial score (nSPS) is 11.4. The highest BCUT2D eigenvalue weighted by atomic mass is 79.9. The Morgan fingerprint density at radius 3 is 2.42 bits per heavy atom. The molecule has 0 aliphatic heterocycles. The monoisotopic (exact) mass is 471 g/mol. The molecular weight excluding hydrogens is 450 g/mol. The van der Waals surface area contributed by atoms with E-state index in [1.54, 1.807) is 6.21 Å². The van der Waals surface area contributed by atoms with Gasteiger partial charge in [-0.25, -0.2) is 10.4 Å². The van der Waals surface area contributed by atoms with Gasteiger partial charge in [0.25, 0.3) is 5.91 Å². The lowest BCUT2D eigenvalue weighted by Gasteiger charge is -2.09. The minimum atomic E-state index is -0.271. The Morgan fingerprint density at radius 1 is 1.00 bits per heavy atom. The van der Waals surface area contributed by atoms with E-state index >= 15 is 0 Å². The SMILES string of the molecule is CC(C)c1ccc(C=NNC(=O)c2cc(-c3ccc(Br)cc3)nc3ccccc23)cc1. The first kappa shape index (κ1) is 20.9. The third-order valence-corrected chi connectivity index (χ3v) is 5.61. The van der Waals surface area contributed by atoms with Crippen molar-refractivity contribution < 1.29 is 4.79 Å². The predicted octanol–water partition coefficient (Wildman–Crippen LogP) is 6.55. The second-order valence-corrected chi connectivity index (χ2v) is 8.52. The molecule has 0 spiro atoms. The zero-order chi connectivity index (χ0) is 21.8. The first-order valence-corrected chi connectivity index (χ1v) is 10.9. The molecule has 154 valence electrons. The smallest absolute Gasteiger partial charge is 0.267 e. The molecule has 4 rings (SSSR count). The first-order chi connectivity index (χ1) is 15.0. The van der Waals surface area contributed by atoms with E-state index in [9.17, 15) is 4.79 Å². The number of rotatable bonds is 5. The van der Waals surface area contributed by atoms with Gasteiger partial charge in [-0.05, 0) is 41.3 Å². The van der Waals surface area contributed by atoms with Crippen molar-refractivity contribution in [3.05, 3.63) is 100 Å². The highest BCUT2D eigenvalue weighted by Gasteiger charge is 2.13. The van der Waals surface area contributed by atoms with Crippen molar-refractivity contribution in [3.8, 4) is 11.3 Å². The van der Waals surface area contributed by atoms with Gasteiger partial charge >= 0.3 is 0 Å². The highest BCUT2D eigenvalue weighted by Crippen LogP contribution is 2.26. The van der Waals surface area contributed by atoms with E-state index < -0.39 is 0 Å². The fourth-order valence-corrected chi connectivity index (χ4v) is 3.59. The second-order valence-electron chi connectivity index (χ2n) is 7.60. The summed E-state index contributed by atoms with van der Waals surface area (Å²) in [6.07, 6.45) is 1.65. The number of hydrogen-bond donors (Lipinski definition) is 1. The van der Waals surface area contributed by atoms with Crippen LogP contribution in [0.5, 0.6) is 0 Å². The van der Waals surface area contributed by atoms with Crippen molar-refractivity contribution >= 4 is 39.0 Å². The van der Waals surface area contributed by atoms with Crippen LogP contribution in [0.4, 0.5) is 0 Å². The minimum absolute atomic E-state index is 0.271. The molecule has 4 aromatic rings. The molecule has 0 radical (unpaired) electrons. The Kier molecular flexibility index (Phi) is 6.23. The van der Waals surface area contributed by atoms with Gasteiger partial charge in [0.2, 0.25) is 0 Å². The van der Waals surface area contributed by atoms with Crippen molar-refractivity contribution in [1.29, 1.82) is 0 Å². The third kappa shape index (κ3) is 4.89. The largest absolute Gasteiger partial charge is 0.272 e.